The van der Waals surface area contributed by atoms with E-state index in [-0.39, 0.29) is 11.9 Å². The monoisotopic (exact) mass is 291 g/mol. The molecule has 0 spiro atoms. The molecule has 1 unspecified atom stereocenters. The van der Waals surface area contributed by atoms with Gasteiger partial charge in [0.2, 0.25) is 5.91 Å². The van der Waals surface area contributed by atoms with Crippen LogP contribution < -0.4 is 11.1 Å². The molecule has 0 heterocycles. The van der Waals surface area contributed by atoms with Crippen molar-refractivity contribution in [2.24, 2.45) is 10.7 Å². The highest BCUT2D eigenvalue weighted by atomic mass is 16.5. The van der Waals surface area contributed by atoms with Crippen molar-refractivity contribution in [3.8, 4) is 0 Å². The minimum Gasteiger partial charge on any atom is -0.374 e. The lowest BCUT2D eigenvalue weighted by Crippen LogP contribution is -2.54. The average Bonchev–Trinajstić information content (AvgIpc) is 2.45. The molecule has 116 valence electrons. The Bertz CT molecular complexity index is 478. The van der Waals surface area contributed by atoms with Crippen molar-refractivity contribution in [3.63, 3.8) is 0 Å². The van der Waals surface area contributed by atoms with Crippen LogP contribution in [0.5, 0.6) is 0 Å². The van der Waals surface area contributed by atoms with Crippen LogP contribution in [0.15, 0.2) is 35.3 Å². The summed E-state index contributed by atoms with van der Waals surface area (Å²) in [4.78, 5) is 16.1. The third-order valence-corrected chi connectivity index (χ3v) is 3.14. The zero-order valence-electron chi connectivity index (χ0n) is 13.2. The summed E-state index contributed by atoms with van der Waals surface area (Å²) in [5, 5.41) is 2.87. The van der Waals surface area contributed by atoms with Crippen LogP contribution in [0.3, 0.4) is 0 Å². The Kier molecular flexibility index (Phi) is 6.52. The highest BCUT2D eigenvalue weighted by molar-refractivity contribution is 5.93. The molecule has 21 heavy (non-hydrogen) atoms. The van der Waals surface area contributed by atoms with Crippen molar-refractivity contribution in [2.45, 2.75) is 39.0 Å². The van der Waals surface area contributed by atoms with Crippen LogP contribution in [0.2, 0.25) is 0 Å². The van der Waals surface area contributed by atoms with E-state index in [2.05, 4.69) is 10.3 Å². The van der Waals surface area contributed by atoms with Gasteiger partial charge in [0.05, 0.1) is 24.8 Å². The maximum Gasteiger partial charge on any atom is 0.240 e. The number of nitrogens with zero attached hydrogens (tertiary/aromatic N) is 1. The molecule has 0 aromatic heterocycles. The zero-order valence-corrected chi connectivity index (χ0v) is 13.2. The lowest BCUT2D eigenvalue weighted by molar-refractivity contribution is -0.125. The first-order valence-corrected chi connectivity index (χ1v) is 6.99. The van der Waals surface area contributed by atoms with E-state index in [9.17, 15) is 4.79 Å². The summed E-state index contributed by atoms with van der Waals surface area (Å²) in [5.41, 5.74) is 6.77. The summed E-state index contributed by atoms with van der Waals surface area (Å²) >= 11 is 0. The van der Waals surface area contributed by atoms with Gasteiger partial charge in [0.15, 0.2) is 0 Å². The summed E-state index contributed by atoms with van der Waals surface area (Å²) in [6.07, 6.45) is 0. The summed E-state index contributed by atoms with van der Waals surface area (Å²) in [6, 6.07) is 9.62. The number of benzene rings is 1. The molecule has 0 bridgehead atoms. The van der Waals surface area contributed by atoms with E-state index in [1.54, 1.807) is 20.9 Å². The normalized spacial score (nSPS) is 13.9. The first-order valence-electron chi connectivity index (χ1n) is 6.99. The molecule has 0 radical (unpaired) electrons. The number of carbonyl (C=O) groups excluding carboxylic acids is 1. The van der Waals surface area contributed by atoms with Crippen molar-refractivity contribution >= 4 is 11.6 Å². The molecule has 1 rings (SSSR count). The van der Waals surface area contributed by atoms with E-state index in [1.807, 2.05) is 37.3 Å². The molecule has 0 aliphatic heterocycles. The van der Waals surface area contributed by atoms with E-state index in [0.29, 0.717) is 13.2 Å². The van der Waals surface area contributed by atoms with E-state index in [4.69, 9.17) is 10.5 Å². The summed E-state index contributed by atoms with van der Waals surface area (Å²) in [7, 11) is 1.69. The number of amides is 1. The van der Waals surface area contributed by atoms with Gasteiger partial charge in [0, 0.05) is 12.8 Å². The van der Waals surface area contributed by atoms with Gasteiger partial charge < -0.3 is 15.8 Å². The van der Waals surface area contributed by atoms with Crippen LogP contribution in [0.25, 0.3) is 0 Å². The standard InChI is InChI=1S/C16H25N3O2/c1-12(18-4)14(19-15(20)16(2,3)17)11-21-10-13-8-6-5-7-9-13/h5-9,14H,10-11,17H2,1-4H3,(H,19,20)/b18-12+. The highest BCUT2D eigenvalue weighted by Gasteiger charge is 2.25. The lowest BCUT2D eigenvalue weighted by atomic mass is 10.1. The molecule has 1 amide bonds. The number of rotatable bonds is 7. The van der Waals surface area contributed by atoms with Crippen molar-refractivity contribution in [3.05, 3.63) is 35.9 Å². The zero-order chi connectivity index (χ0) is 15.9. The van der Waals surface area contributed by atoms with E-state index in [0.717, 1.165) is 11.3 Å². The van der Waals surface area contributed by atoms with Gasteiger partial charge in [-0.05, 0) is 26.3 Å². The second-order valence-corrected chi connectivity index (χ2v) is 5.61. The molecule has 5 heteroatoms. The highest BCUT2D eigenvalue weighted by Crippen LogP contribution is 2.03. The summed E-state index contributed by atoms with van der Waals surface area (Å²) in [5.74, 6) is -0.223. The van der Waals surface area contributed by atoms with Gasteiger partial charge in [-0.2, -0.15) is 0 Å². The Labute approximate surface area is 126 Å². The van der Waals surface area contributed by atoms with Crippen molar-refractivity contribution < 1.29 is 9.53 Å². The maximum absolute atomic E-state index is 12.0. The predicted molar refractivity (Wildman–Crippen MR) is 85.3 cm³/mol. The number of carbonyl (C=O) groups is 1. The lowest BCUT2D eigenvalue weighted by Gasteiger charge is -2.24. The smallest absolute Gasteiger partial charge is 0.240 e. The van der Waals surface area contributed by atoms with Gasteiger partial charge in [-0.25, -0.2) is 0 Å². The minimum absolute atomic E-state index is 0.223. The van der Waals surface area contributed by atoms with Gasteiger partial charge in [0.25, 0.3) is 0 Å². The number of hydrogen-bond acceptors (Lipinski definition) is 4. The molecule has 1 aromatic rings. The maximum atomic E-state index is 12.0. The Morgan fingerprint density at radius 2 is 2.00 bits per heavy atom. The number of aliphatic imine (C=N–C) groups is 1. The van der Waals surface area contributed by atoms with Gasteiger partial charge in [-0.3, -0.25) is 9.79 Å². The molecule has 0 aliphatic rings. The molecule has 0 fully saturated rings. The van der Waals surface area contributed by atoms with Crippen LogP contribution in [0.4, 0.5) is 0 Å². The Hall–Kier alpha value is -1.72. The number of nitrogens with one attached hydrogen (secondary N) is 1. The predicted octanol–water partition coefficient (Wildman–Crippen LogP) is 1.52. The van der Waals surface area contributed by atoms with Crippen LogP contribution in [-0.4, -0.2) is 36.9 Å². The fraction of sp³-hybridized carbons (Fsp3) is 0.500. The van der Waals surface area contributed by atoms with Gasteiger partial charge in [-0.15, -0.1) is 0 Å². The Morgan fingerprint density at radius 1 is 1.38 bits per heavy atom. The fourth-order valence-electron chi connectivity index (χ4n) is 1.64. The summed E-state index contributed by atoms with van der Waals surface area (Å²) < 4.78 is 5.68. The minimum atomic E-state index is -0.925. The summed E-state index contributed by atoms with van der Waals surface area (Å²) in [6.45, 7) is 6.06. The fourth-order valence-corrected chi connectivity index (χ4v) is 1.64. The largest absolute Gasteiger partial charge is 0.374 e. The van der Waals surface area contributed by atoms with Crippen LogP contribution in [0.1, 0.15) is 26.3 Å². The van der Waals surface area contributed by atoms with Crippen LogP contribution in [0, 0.1) is 0 Å². The van der Waals surface area contributed by atoms with Crippen molar-refractivity contribution in [1.29, 1.82) is 0 Å². The molecule has 0 saturated heterocycles. The molecule has 0 aliphatic carbocycles. The van der Waals surface area contributed by atoms with Crippen molar-refractivity contribution in [2.75, 3.05) is 13.7 Å². The van der Waals surface area contributed by atoms with Gasteiger partial charge in [-0.1, -0.05) is 30.3 Å². The topological polar surface area (TPSA) is 76.7 Å². The van der Waals surface area contributed by atoms with Gasteiger partial charge >= 0.3 is 0 Å². The molecule has 3 N–H and O–H groups in total. The number of nitrogens with two attached hydrogens (primary N) is 1. The molecule has 1 aromatic carbocycles. The SMILES string of the molecule is C/N=C(\C)C(COCc1ccccc1)NC(=O)C(C)(C)N. The van der Waals surface area contributed by atoms with Crippen LogP contribution >= 0.6 is 0 Å². The van der Waals surface area contributed by atoms with E-state index < -0.39 is 5.54 Å². The molecule has 5 nitrogen and oxygen atoms in total. The number of ether oxygens (including phenoxy) is 1. The quantitative estimate of drug-likeness (QED) is 0.748. The Balaban J connectivity index is 2.57. The average molecular weight is 291 g/mol. The van der Waals surface area contributed by atoms with Crippen molar-refractivity contribution in [1.82, 2.24) is 5.32 Å². The van der Waals surface area contributed by atoms with E-state index in [1.165, 1.54) is 0 Å². The third kappa shape index (κ3) is 6.06. The molecule has 0 saturated carbocycles. The van der Waals surface area contributed by atoms with Crippen LogP contribution in [-0.2, 0) is 16.1 Å². The number of hydrogen-bond donors (Lipinski definition) is 2. The van der Waals surface area contributed by atoms with E-state index >= 15 is 0 Å². The third-order valence-electron chi connectivity index (χ3n) is 3.14. The molecular formula is C16H25N3O2. The second kappa shape index (κ2) is 7.90. The first kappa shape index (κ1) is 17.3. The molecule has 1 atom stereocenters. The first-order chi connectivity index (χ1) is 9.84. The molecular weight excluding hydrogens is 266 g/mol. The Morgan fingerprint density at radius 3 is 2.52 bits per heavy atom. The van der Waals surface area contributed by atoms with Gasteiger partial charge in [0.1, 0.15) is 0 Å². The second-order valence-electron chi connectivity index (χ2n) is 5.61.